The normalized spacial score (nSPS) is 16.4. The molecule has 0 aliphatic rings. The minimum Gasteiger partial charge on any atom is -0.378 e. The predicted octanol–water partition coefficient (Wildman–Crippen LogP) is 4.59. The van der Waals surface area contributed by atoms with Crippen molar-refractivity contribution in [3.05, 3.63) is 0 Å². The highest BCUT2D eigenvalue weighted by Crippen LogP contribution is 2.22. The number of nitrogens with zero attached hydrogens (tertiary/aromatic N) is 1. The second kappa shape index (κ2) is 9.97. The maximum Gasteiger partial charge on any atom is 0.0975 e. The van der Waals surface area contributed by atoms with Gasteiger partial charge in [-0.3, -0.25) is 0 Å². The molecule has 0 heterocycles. The molecule has 0 aromatic heterocycles. The quantitative estimate of drug-likeness (QED) is 0.309. The van der Waals surface area contributed by atoms with Crippen LogP contribution in [0.1, 0.15) is 53.9 Å². The van der Waals surface area contributed by atoms with E-state index in [9.17, 15) is 0 Å². The zero-order valence-electron chi connectivity index (χ0n) is 13.7. The molecule has 118 valence electrons. The summed E-state index contributed by atoms with van der Waals surface area (Å²) in [6.07, 6.45) is 2.90. The average Bonchev–Trinajstić information content (AvgIpc) is 2.36. The van der Waals surface area contributed by atoms with Crippen molar-refractivity contribution in [2.24, 2.45) is 11.3 Å². The SMILES string of the molecule is CC(C#N)CCCOCC(C)(CI)OCCC(C)(C)C. The summed E-state index contributed by atoms with van der Waals surface area (Å²) in [5.74, 6) is 0.123. The lowest BCUT2D eigenvalue weighted by Crippen LogP contribution is -2.37. The number of halogens is 1. The van der Waals surface area contributed by atoms with E-state index in [1.165, 1.54) is 0 Å². The third kappa shape index (κ3) is 10.9. The lowest BCUT2D eigenvalue weighted by Gasteiger charge is -2.29. The Labute approximate surface area is 138 Å². The molecule has 4 heteroatoms. The number of hydrogen-bond donors (Lipinski definition) is 0. The molecule has 2 atom stereocenters. The summed E-state index contributed by atoms with van der Waals surface area (Å²) in [6, 6.07) is 2.24. The molecule has 0 spiro atoms. The first kappa shape index (κ1) is 20.1. The number of rotatable bonds is 10. The molecule has 0 aliphatic heterocycles. The molecule has 0 rings (SSSR count). The number of alkyl halides is 1. The van der Waals surface area contributed by atoms with E-state index in [1.54, 1.807) is 0 Å². The van der Waals surface area contributed by atoms with Crippen LogP contribution in [0.5, 0.6) is 0 Å². The van der Waals surface area contributed by atoms with E-state index >= 15 is 0 Å². The molecule has 0 radical (unpaired) electrons. The van der Waals surface area contributed by atoms with Crippen LogP contribution in [0.3, 0.4) is 0 Å². The fourth-order valence-corrected chi connectivity index (χ4v) is 2.01. The third-order valence-corrected chi connectivity index (χ3v) is 4.75. The average molecular weight is 395 g/mol. The van der Waals surface area contributed by atoms with Gasteiger partial charge in [0.05, 0.1) is 18.3 Å². The molecule has 0 aromatic rings. The maximum atomic E-state index is 8.71. The Morgan fingerprint density at radius 2 is 1.85 bits per heavy atom. The summed E-state index contributed by atoms with van der Waals surface area (Å²) in [4.78, 5) is 0. The van der Waals surface area contributed by atoms with Crippen molar-refractivity contribution in [1.82, 2.24) is 0 Å². The van der Waals surface area contributed by atoms with Crippen LogP contribution in [-0.4, -0.2) is 29.8 Å². The lowest BCUT2D eigenvalue weighted by molar-refractivity contribution is -0.0762. The van der Waals surface area contributed by atoms with E-state index < -0.39 is 0 Å². The van der Waals surface area contributed by atoms with Gasteiger partial charge in [-0.2, -0.15) is 5.26 Å². The summed E-state index contributed by atoms with van der Waals surface area (Å²) in [6.45, 7) is 12.9. The van der Waals surface area contributed by atoms with Gasteiger partial charge in [-0.1, -0.05) is 43.4 Å². The van der Waals surface area contributed by atoms with Crippen LogP contribution in [0.4, 0.5) is 0 Å². The molecule has 0 saturated carbocycles. The van der Waals surface area contributed by atoms with Gasteiger partial charge in [-0.05, 0) is 38.5 Å². The summed E-state index contributed by atoms with van der Waals surface area (Å²) in [5, 5.41) is 8.71. The monoisotopic (exact) mass is 395 g/mol. The van der Waals surface area contributed by atoms with Crippen molar-refractivity contribution in [2.45, 2.75) is 59.5 Å². The smallest absolute Gasteiger partial charge is 0.0975 e. The van der Waals surface area contributed by atoms with Gasteiger partial charge >= 0.3 is 0 Å². The van der Waals surface area contributed by atoms with Crippen LogP contribution in [0.25, 0.3) is 0 Å². The van der Waals surface area contributed by atoms with Gasteiger partial charge in [0.25, 0.3) is 0 Å². The largest absolute Gasteiger partial charge is 0.378 e. The topological polar surface area (TPSA) is 42.2 Å². The Balaban J connectivity index is 3.86. The van der Waals surface area contributed by atoms with Crippen molar-refractivity contribution in [3.8, 4) is 6.07 Å². The second-order valence-electron chi connectivity index (χ2n) is 6.97. The first-order valence-electron chi connectivity index (χ1n) is 7.40. The van der Waals surface area contributed by atoms with Crippen molar-refractivity contribution in [2.75, 3.05) is 24.2 Å². The number of nitriles is 1. The fourth-order valence-electron chi connectivity index (χ4n) is 1.57. The van der Waals surface area contributed by atoms with Crippen molar-refractivity contribution >= 4 is 22.6 Å². The summed E-state index contributed by atoms with van der Waals surface area (Å²) < 4.78 is 12.7. The highest BCUT2D eigenvalue weighted by Gasteiger charge is 2.25. The third-order valence-electron chi connectivity index (χ3n) is 3.14. The van der Waals surface area contributed by atoms with E-state index in [4.69, 9.17) is 14.7 Å². The van der Waals surface area contributed by atoms with Crippen LogP contribution in [0.15, 0.2) is 0 Å². The summed E-state index contributed by atoms with van der Waals surface area (Å²) >= 11 is 2.36. The fraction of sp³-hybridized carbons (Fsp3) is 0.938. The summed E-state index contributed by atoms with van der Waals surface area (Å²) in [5.41, 5.74) is 0.104. The Bertz CT molecular complexity index is 296. The van der Waals surface area contributed by atoms with Gasteiger partial charge in [0, 0.05) is 23.6 Å². The van der Waals surface area contributed by atoms with Crippen LogP contribution >= 0.6 is 22.6 Å². The number of hydrogen-bond acceptors (Lipinski definition) is 3. The van der Waals surface area contributed by atoms with E-state index in [2.05, 4.69) is 56.4 Å². The molecule has 0 amide bonds. The van der Waals surface area contributed by atoms with Crippen molar-refractivity contribution in [3.63, 3.8) is 0 Å². The van der Waals surface area contributed by atoms with Gasteiger partial charge in [0.2, 0.25) is 0 Å². The van der Waals surface area contributed by atoms with Gasteiger partial charge in [-0.15, -0.1) is 0 Å². The van der Waals surface area contributed by atoms with Crippen LogP contribution in [-0.2, 0) is 9.47 Å². The Morgan fingerprint density at radius 3 is 2.35 bits per heavy atom. The predicted molar refractivity (Wildman–Crippen MR) is 92.1 cm³/mol. The molecular weight excluding hydrogens is 365 g/mol. The second-order valence-corrected chi connectivity index (χ2v) is 7.73. The molecule has 0 saturated heterocycles. The van der Waals surface area contributed by atoms with Crippen LogP contribution in [0.2, 0.25) is 0 Å². The van der Waals surface area contributed by atoms with Gasteiger partial charge in [0.15, 0.2) is 0 Å². The Morgan fingerprint density at radius 1 is 1.20 bits per heavy atom. The minimum absolute atomic E-state index is 0.123. The molecule has 20 heavy (non-hydrogen) atoms. The van der Waals surface area contributed by atoms with E-state index in [-0.39, 0.29) is 11.5 Å². The van der Waals surface area contributed by atoms with Crippen LogP contribution < -0.4 is 0 Å². The zero-order valence-corrected chi connectivity index (χ0v) is 15.8. The van der Waals surface area contributed by atoms with E-state index in [0.29, 0.717) is 18.6 Å². The minimum atomic E-state index is -0.202. The summed E-state index contributed by atoms with van der Waals surface area (Å²) in [7, 11) is 0. The van der Waals surface area contributed by atoms with Gasteiger partial charge < -0.3 is 9.47 Å². The highest BCUT2D eigenvalue weighted by atomic mass is 127. The molecular formula is C16H30INO2. The van der Waals surface area contributed by atoms with Crippen LogP contribution in [0, 0.1) is 22.7 Å². The molecule has 0 bridgehead atoms. The first-order valence-corrected chi connectivity index (χ1v) is 8.92. The zero-order chi connectivity index (χ0) is 15.6. The van der Waals surface area contributed by atoms with Crippen molar-refractivity contribution in [1.29, 1.82) is 5.26 Å². The van der Waals surface area contributed by atoms with Crippen molar-refractivity contribution < 1.29 is 9.47 Å². The van der Waals surface area contributed by atoms with E-state index in [1.807, 2.05) is 6.92 Å². The first-order chi connectivity index (χ1) is 9.22. The molecule has 0 aromatic carbocycles. The standard InChI is InChI=1S/C16H30INO2/c1-14(11-18)7-6-9-19-13-16(5,12-17)20-10-8-15(2,3)4/h14H,6-10,12-13H2,1-5H3. The van der Waals surface area contributed by atoms with Gasteiger partial charge in [-0.25, -0.2) is 0 Å². The Hall–Kier alpha value is 0.140. The maximum absolute atomic E-state index is 8.71. The molecule has 0 N–H and O–H groups in total. The highest BCUT2D eigenvalue weighted by molar-refractivity contribution is 14.1. The molecule has 0 aliphatic carbocycles. The molecule has 2 unspecified atom stereocenters. The molecule has 3 nitrogen and oxygen atoms in total. The van der Waals surface area contributed by atoms with E-state index in [0.717, 1.165) is 30.3 Å². The Kier molecular flexibility index (Phi) is 10.0. The lowest BCUT2D eigenvalue weighted by atomic mass is 9.93. The molecule has 0 fully saturated rings. The van der Waals surface area contributed by atoms with Gasteiger partial charge in [0.1, 0.15) is 0 Å². The number of ether oxygens (including phenoxy) is 2.